The third-order valence-corrected chi connectivity index (χ3v) is 4.24. The summed E-state index contributed by atoms with van der Waals surface area (Å²) in [6, 6.07) is 0. The Morgan fingerprint density at radius 3 is 1.32 bits per heavy atom. The third-order valence-electron chi connectivity index (χ3n) is 2.60. The van der Waals surface area contributed by atoms with Crippen LogP contribution in [0.1, 0.15) is 12.8 Å². The Morgan fingerprint density at radius 1 is 0.636 bits per heavy atom. The molecule has 13 nitrogen and oxygen atoms in total. The minimum absolute atomic E-state index is 0.638. The normalized spacial score (nSPS) is 31.2. The summed E-state index contributed by atoms with van der Waals surface area (Å²) in [5.41, 5.74) is 0. The molecule has 4 atom stereocenters. The summed E-state index contributed by atoms with van der Waals surface area (Å²) in [6.07, 6.45) is -7.80. The lowest BCUT2D eigenvalue weighted by Gasteiger charge is -2.38. The van der Waals surface area contributed by atoms with Crippen molar-refractivity contribution in [2.45, 2.75) is 37.3 Å². The Kier molecular flexibility index (Phi) is 6.51. The van der Waals surface area contributed by atoms with Crippen molar-refractivity contribution in [3.05, 3.63) is 0 Å². The van der Waals surface area contributed by atoms with Gasteiger partial charge in [0.2, 0.25) is 0 Å². The first-order valence-electron chi connectivity index (χ1n) is 5.56. The molecule has 22 heavy (non-hydrogen) atoms. The van der Waals surface area contributed by atoms with Gasteiger partial charge < -0.3 is 34.5 Å². The highest BCUT2D eigenvalue weighted by Gasteiger charge is 2.45. The van der Waals surface area contributed by atoms with Crippen LogP contribution in [0.15, 0.2) is 0 Å². The molecule has 0 bridgehead atoms. The van der Waals surface area contributed by atoms with Crippen LogP contribution in [0.3, 0.4) is 0 Å². The van der Waals surface area contributed by atoms with Gasteiger partial charge in [-0.3, -0.25) is 13.6 Å². The first-order valence-corrected chi connectivity index (χ1v) is 10.2. The number of rotatable bonds is 6. The van der Waals surface area contributed by atoms with E-state index in [-0.39, 0.29) is 0 Å². The third kappa shape index (κ3) is 7.71. The van der Waals surface area contributed by atoms with Gasteiger partial charge in [0.1, 0.15) is 0 Å². The maximum Gasteiger partial charge on any atom is 0.469 e. The van der Waals surface area contributed by atoms with Crippen molar-refractivity contribution in [1.82, 2.24) is 0 Å². The summed E-state index contributed by atoms with van der Waals surface area (Å²) in [6.45, 7) is 0. The van der Waals surface area contributed by atoms with Crippen molar-refractivity contribution in [1.29, 1.82) is 0 Å². The van der Waals surface area contributed by atoms with E-state index in [0.717, 1.165) is 0 Å². The van der Waals surface area contributed by atoms with E-state index < -0.39 is 60.7 Å². The highest BCUT2D eigenvalue weighted by Crippen LogP contribution is 2.48. The van der Waals surface area contributed by atoms with Gasteiger partial charge in [0, 0.05) is 12.8 Å². The van der Waals surface area contributed by atoms with E-state index in [4.69, 9.17) is 29.4 Å². The lowest BCUT2D eigenvalue weighted by atomic mass is 9.90. The van der Waals surface area contributed by atoms with Gasteiger partial charge in [-0.15, -0.1) is 0 Å². The maximum atomic E-state index is 10.8. The lowest BCUT2D eigenvalue weighted by molar-refractivity contribution is -0.0986. The Hall–Kier alpha value is 0.290. The van der Waals surface area contributed by atoms with Crippen LogP contribution in [0.2, 0.25) is 0 Å². The Bertz CT molecular complexity index is 516. The van der Waals surface area contributed by atoms with E-state index in [2.05, 4.69) is 13.6 Å². The first-order chi connectivity index (χ1) is 9.66. The molecule has 0 spiro atoms. The van der Waals surface area contributed by atoms with E-state index in [1.807, 2.05) is 0 Å². The predicted molar refractivity (Wildman–Crippen MR) is 66.0 cm³/mol. The van der Waals surface area contributed by atoms with E-state index in [9.17, 15) is 18.8 Å². The zero-order chi connectivity index (χ0) is 17.3. The minimum atomic E-state index is -5.10. The number of phosphoric ester groups is 3. The number of aliphatic hydroxyl groups is 1. The van der Waals surface area contributed by atoms with E-state index in [0.29, 0.717) is 0 Å². The first kappa shape index (κ1) is 20.3. The molecule has 1 fully saturated rings. The van der Waals surface area contributed by atoms with Gasteiger partial charge in [-0.2, -0.15) is 0 Å². The molecule has 1 aliphatic carbocycles. The van der Waals surface area contributed by atoms with E-state index >= 15 is 0 Å². The molecule has 16 heteroatoms. The van der Waals surface area contributed by atoms with Crippen LogP contribution in [-0.4, -0.2) is 58.9 Å². The molecule has 132 valence electrons. The molecule has 0 aromatic heterocycles. The number of hydrogen-bond acceptors (Lipinski definition) is 7. The van der Waals surface area contributed by atoms with Crippen LogP contribution in [0.4, 0.5) is 0 Å². The Labute approximate surface area is 123 Å². The number of aliphatic hydroxyl groups excluding tert-OH is 1. The summed E-state index contributed by atoms with van der Waals surface area (Å²) in [4.78, 5) is 52.3. The van der Waals surface area contributed by atoms with Crippen LogP contribution in [0, 0.1) is 0 Å². The van der Waals surface area contributed by atoms with Crippen molar-refractivity contribution in [3.63, 3.8) is 0 Å². The summed E-state index contributed by atoms with van der Waals surface area (Å²) >= 11 is 0. The van der Waals surface area contributed by atoms with Crippen LogP contribution < -0.4 is 0 Å². The molecular weight excluding hydrogens is 373 g/mol. The molecule has 1 aliphatic rings. The van der Waals surface area contributed by atoms with Gasteiger partial charge in [0.25, 0.3) is 0 Å². The fourth-order valence-corrected chi connectivity index (χ4v) is 3.67. The molecule has 0 heterocycles. The molecule has 7 N–H and O–H groups in total. The zero-order valence-electron chi connectivity index (χ0n) is 10.6. The predicted octanol–water partition coefficient (Wildman–Crippen LogP) is -1.43. The van der Waals surface area contributed by atoms with Gasteiger partial charge in [-0.05, 0) is 0 Å². The molecule has 0 unspecified atom stereocenters. The molecular formula is C6H15O13P3. The van der Waals surface area contributed by atoms with Crippen LogP contribution in [0.5, 0.6) is 0 Å². The van der Waals surface area contributed by atoms with Gasteiger partial charge in [-0.25, -0.2) is 13.7 Å². The fourth-order valence-electron chi connectivity index (χ4n) is 1.94. The molecule has 1 saturated carbocycles. The van der Waals surface area contributed by atoms with Gasteiger partial charge in [0.05, 0.1) is 24.4 Å². The quantitative estimate of drug-likeness (QED) is 0.260. The monoisotopic (exact) mass is 388 g/mol. The van der Waals surface area contributed by atoms with Crippen LogP contribution >= 0.6 is 23.5 Å². The fraction of sp³-hybridized carbons (Fsp3) is 1.00. The van der Waals surface area contributed by atoms with Crippen molar-refractivity contribution >= 4 is 23.5 Å². The van der Waals surface area contributed by atoms with Gasteiger partial charge in [0.15, 0.2) is 0 Å². The summed E-state index contributed by atoms with van der Waals surface area (Å²) < 4.78 is 45.2. The van der Waals surface area contributed by atoms with Crippen molar-refractivity contribution < 1.29 is 61.7 Å². The lowest BCUT2D eigenvalue weighted by Crippen LogP contribution is -2.47. The largest absolute Gasteiger partial charge is 0.469 e. The molecule has 0 aromatic carbocycles. The average Bonchev–Trinajstić information content (AvgIpc) is 2.18. The molecule has 0 amide bonds. The second kappa shape index (κ2) is 7.04. The van der Waals surface area contributed by atoms with E-state index in [1.165, 1.54) is 0 Å². The SMILES string of the molecule is O=P(O)(O)O[C@H]1C[C@@H](OP(=O)(O)O)[C@H](OP(=O)(O)O)C[C@H]1O. The van der Waals surface area contributed by atoms with Crippen molar-refractivity contribution in [2.24, 2.45) is 0 Å². The molecule has 1 rings (SSSR count). The smallest absolute Gasteiger partial charge is 0.390 e. The number of phosphoric acid groups is 3. The van der Waals surface area contributed by atoms with Crippen molar-refractivity contribution in [3.8, 4) is 0 Å². The second-order valence-corrected chi connectivity index (χ2v) is 8.02. The van der Waals surface area contributed by atoms with E-state index in [1.54, 1.807) is 0 Å². The minimum Gasteiger partial charge on any atom is -0.390 e. The molecule has 0 aromatic rings. The Balaban J connectivity index is 2.93. The van der Waals surface area contributed by atoms with Crippen LogP contribution in [0.25, 0.3) is 0 Å². The second-order valence-electron chi connectivity index (χ2n) is 4.44. The average molecular weight is 388 g/mol. The van der Waals surface area contributed by atoms with Crippen molar-refractivity contribution in [2.75, 3.05) is 0 Å². The zero-order valence-corrected chi connectivity index (χ0v) is 13.3. The highest BCUT2D eigenvalue weighted by molar-refractivity contribution is 7.46. The Morgan fingerprint density at radius 2 is 0.955 bits per heavy atom. The van der Waals surface area contributed by atoms with Crippen LogP contribution in [-0.2, 0) is 27.3 Å². The highest BCUT2D eigenvalue weighted by atomic mass is 31.2. The van der Waals surface area contributed by atoms with Gasteiger partial charge >= 0.3 is 23.5 Å². The molecule has 0 saturated heterocycles. The topological polar surface area (TPSA) is 221 Å². The molecule has 0 aliphatic heterocycles. The summed E-state index contributed by atoms with van der Waals surface area (Å²) in [5.74, 6) is 0. The van der Waals surface area contributed by atoms with Gasteiger partial charge in [-0.1, -0.05) is 0 Å². The number of hydrogen-bond donors (Lipinski definition) is 7. The summed E-state index contributed by atoms with van der Waals surface area (Å²) in [7, 11) is -15.2. The maximum absolute atomic E-state index is 10.8. The summed E-state index contributed by atoms with van der Waals surface area (Å²) in [5, 5.41) is 9.66. The standard InChI is InChI=1S/C6H15O13P3/c7-3-1-5(18-21(11,12)13)6(19-22(14,15)16)2-4(3)17-20(8,9)10/h3-7H,1-2H2,(H2,8,9,10)(H2,11,12,13)(H2,14,15,16)/t3-,4+,5-,6-/m1/s1. The molecule has 0 radical (unpaired) electrons.